The molecule has 0 bridgehead atoms. The number of ketones is 1. The van der Waals surface area contributed by atoms with Crippen molar-refractivity contribution < 1.29 is 19.1 Å². The van der Waals surface area contributed by atoms with Crippen LogP contribution >= 0.6 is 11.6 Å². The van der Waals surface area contributed by atoms with Gasteiger partial charge in [-0.25, -0.2) is 4.79 Å². The topological polar surface area (TPSA) is 65.5 Å². The first-order valence-corrected chi connectivity index (χ1v) is 8.44. The molecule has 1 aliphatic heterocycles. The van der Waals surface area contributed by atoms with Crippen LogP contribution in [0.25, 0.3) is 6.08 Å². The van der Waals surface area contributed by atoms with Gasteiger partial charge in [0.25, 0.3) is 0 Å². The standard InChI is InChI=1S/C21H12ClNO4/c22-15-5-1-4-14(10-15)21(25)26-16-6-7-17-18(11-16)27-19(20(17)24)9-13-3-2-8-23-12-13/h1-12H/b19-9-. The number of aromatic nitrogens is 1. The smallest absolute Gasteiger partial charge is 0.343 e. The molecule has 0 spiro atoms. The maximum absolute atomic E-state index is 12.5. The van der Waals surface area contributed by atoms with E-state index in [-0.39, 0.29) is 17.3 Å². The summed E-state index contributed by atoms with van der Waals surface area (Å²) in [4.78, 5) is 28.7. The molecule has 2 heterocycles. The minimum absolute atomic E-state index is 0.191. The highest BCUT2D eigenvalue weighted by Gasteiger charge is 2.28. The van der Waals surface area contributed by atoms with Gasteiger partial charge in [-0.1, -0.05) is 23.7 Å². The van der Waals surface area contributed by atoms with Gasteiger partial charge in [-0.2, -0.15) is 0 Å². The van der Waals surface area contributed by atoms with Crippen molar-refractivity contribution in [3.8, 4) is 11.5 Å². The van der Waals surface area contributed by atoms with Crippen molar-refractivity contribution in [2.24, 2.45) is 0 Å². The predicted molar refractivity (Wildman–Crippen MR) is 100 cm³/mol. The van der Waals surface area contributed by atoms with Crippen LogP contribution in [0.1, 0.15) is 26.3 Å². The molecule has 0 saturated heterocycles. The summed E-state index contributed by atoms with van der Waals surface area (Å²) in [6.07, 6.45) is 4.90. The van der Waals surface area contributed by atoms with Crippen LogP contribution < -0.4 is 9.47 Å². The SMILES string of the molecule is O=C(Oc1ccc2c(c1)O/C(=C\c1cccnc1)C2=O)c1cccc(Cl)c1. The molecule has 0 aliphatic carbocycles. The van der Waals surface area contributed by atoms with Crippen LogP contribution in [0.5, 0.6) is 11.5 Å². The second-order valence-corrected chi connectivity index (χ2v) is 6.22. The summed E-state index contributed by atoms with van der Waals surface area (Å²) in [7, 11) is 0. The zero-order chi connectivity index (χ0) is 18.8. The van der Waals surface area contributed by atoms with Gasteiger partial charge in [-0.15, -0.1) is 0 Å². The second-order valence-electron chi connectivity index (χ2n) is 5.78. The Hall–Kier alpha value is -3.44. The van der Waals surface area contributed by atoms with Gasteiger partial charge in [0.2, 0.25) is 5.78 Å². The van der Waals surface area contributed by atoms with E-state index in [1.165, 1.54) is 12.1 Å². The van der Waals surface area contributed by atoms with Crippen LogP contribution in [-0.2, 0) is 0 Å². The van der Waals surface area contributed by atoms with Crippen LogP contribution in [0.3, 0.4) is 0 Å². The van der Waals surface area contributed by atoms with Gasteiger partial charge < -0.3 is 9.47 Å². The molecule has 1 aromatic heterocycles. The third-order valence-corrected chi connectivity index (χ3v) is 4.13. The largest absolute Gasteiger partial charge is 0.452 e. The Morgan fingerprint density at radius 1 is 1.11 bits per heavy atom. The summed E-state index contributed by atoms with van der Waals surface area (Å²) in [5.41, 5.74) is 1.49. The number of benzene rings is 2. The van der Waals surface area contributed by atoms with E-state index in [2.05, 4.69) is 4.98 Å². The minimum atomic E-state index is -0.548. The first-order valence-electron chi connectivity index (χ1n) is 8.06. The number of carbonyl (C=O) groups excluding carboxylic acids is 2. The highest BCUT2D eigenvalue weighted by atomic mass is 35.5. The number of halogens is 1. The van der Waals surface area contributed by atoms with E-state index in [0.29, 0.717) is 21.9 Å². The predicted octanol–water partition coefficient (Wildman–Crippen LogP) is 4.57. The minimum Gasteiger partial charge on any atom is -0.452 e. The zero-order valence-electron chi connectivity index (χ0n) is 13.9. The molecule has 0 unspecified atom stereocenters. The number of carbonyl (C=O) groups is 2. The quantitative estimate of drug-likeness (QED) is 0.380. The Morgan fingerprint density at radius 2 is 2.00 bits per heavy atom. The number of fused-ring (bicyclic) bond motifs is 1. The lowest BCUT2D eigenvalue weighted by Gasteiger charge is -2.06. The summed E-state index contributed by atoms with van der Waals surface area (Å²) in [6.45, 7) is 0. The fourth-order valence-corrected chi connectivity index (χ4v) is 2.82. The molecule has 0 radical (unpaired) electrons. The maximum Gasteiger partial charge on any atom is 0.343 e. The number of ether oxygens (including phenoxy) is 2. The summed E-state index contributed by atoms with van der Waals surface area (Å²) >= 11 is 5.89. The molecule has 5 nitrogen and oxygen atoms in total. The molecule has 4 rings (SSSR count). The van der Waals surface area contributed by atoms with Crippen LogP contribution in [-0.4, -0.2) is 16.7 Å². The average molecular weight is 378 g/mol. The molecule has 0 amide bonds. The van der Waals surface area contributed by atoms with E-state index in [4.69, 9.17) is 21.1 Å². The molecule has 0 saturated carbocycles. The van der Waals surface area contributed by atoms with Crippen molar-refractivity contribution >= 4 is 29.4 Å². The summed E-state index contributed by atoms with van der Waals surface area (Å²) < 4.78 is 11.0. The van der Waals surface area contributed by atoms with Crippen molar-refractivity contribution in [2.45, 2.75) is 0 Å². The van der Waals surface area contributed by atoms with Crippen molar-refractivity contribution in [1.82, 2.24) is 4.98 Å². The molecular weight excluding hydrogens is 366 g/mol. The number of pyridine rings is 1. The molecule has 1 aliphatic rings. The molecule has 0 atom stereocenters. The van der Waals surface area contributed by atoms with E-state index in [0.717, 1.165) is 5.56 Å². The molecule has 3 aromatic rings. The molecule has 6 heteroatoms. The highest BCUT2D eigenvalue weighted by Crippen LogP contribution is 2.35. The van der Waals surface area contributed by atoms with Gasteiger partial charge in [0.15, 0.2) is 5.76 Å². The van der Waals surface area contributed by atoms with Gasteiger partial charge in [0, 0.05) is 23.5 Å². The van der Waals surface area contributed by atoms with Crippen molar-refractivity contribution in [3.05, 3.63) is 94.5 Å². The maximum atomic E-state index is 12.5. The highest BCUT2D eigenvalue weighted by molar-refractivity contribution is 6.30. The summed E-state index contributed by atoms with van der Waals surface area (Å²) in [5.74, 6) is 0.0199. The van der Waals surface area contributed by atoms with Crippen LogP contribution in [0, 0.1) is 0 Å². The van der Waals surface area contributed by atoms with E-state index in [9.17, 15) is 9.59 Å². The fraction of sp³-hybridized carbons (Fsp3) is 0. The Bertz CT molecular complexity index is 1080. The number of hydrogen-bond donors (Lipinski definition) is 0. The van der Waals surface area contributed by atoms with E-state index in [1.54, 1.807) is 54.9 Å². The van der Waals surface area contributed by atoms with E-state index < -0.39 is 5.97 Å². The van der Waals surface area contributed by atoms with Gasteiger partial charge in [-0.05, 0) is 48.0 Å². The molecule has 0 N–H and O–H groups in total. The number of nitrogens with zero attached hydrogens (tertiary/aromatic N) is 1. The monoisotopic (exact) mass is 377 g/mol. The Labute approximate surface area is 159 Å². The Kier molecular flexibility index (Phi) is 4.44. The zero-order valence-corrected chi connectivity index (χ0v) is 14.6. The number of rotatable bonds is 3. The van der Waals surface area contributed by atoms with Crippen molar-refractivity contribution in [3.63, 3.8) is 0 Å². The molecule has 132 valence electrons. The number of esters is 1. The summed E-state index contributed by atoms with van der Waals surface area (Å²) in [5, 5.41) is 0.442. The lowest BCUT2D eigenvalue weighted by Crippen LogP contribution is -2.08. The Balaban J connectivity index is 1.56. The average Bonchev–Trinajstić information content (AvgIpc) is 2.97. The third kappa shape index (κ3) is 3.59. The molecule has 2 aromatic carbocycles. The van der Waals surface area contributed by atoms with E-state index in [1.807, 2.05) is 6.07 Å². The normalized spacial score (nSPS) is 14.0. The second kappa shape index (κ2) is 7.05. The van der Waals surface area contributed by atoms with Gasteiger partial charge in [0.1, 0.15) is 11.5 Å². The molecule has 0 fully saturated rings. The van der Waals surface area contributed by atoms with Gasteiger partial charge in [0.05, 0.1) is 11.1 Å². The third-order valence-electron chi connectivity index (χ3n) is 3.89. The fourth-order valence-electron chi connectivity index (χ4n) is 2.62. The Morgan fingerprint density at radius 3 is 2.78 bits per heavy atom. The van der Waals surface area contributed by atoms with E-state index >= 15 is 0 Å². The lowest BCUT2D eigenvalue weighted by atomic mass is 10.1. The first-order chi connectivity index (χ1) is 13.1. The van der Waals surface area contributed by atoms with Crippen molar-refractivity contribution in [1.29, 1.82) is 0 Å². The van der Waals surface area contributed by atoms with Crippen LogP contribution in [0.15, 0.2) is 72.8 Å². The first kappa shape index (κ1) is 17.0. The van der Waals surface area contributed by atoms with Gasteiger partial charge >= 0.3 is 5.97 Å². The lowest BCUT2D eigenvalue weighted by molar-refractivity contribution is 0.0734. The number of allylic oxidation sites excluding steroid dienone is 1. The molecular formula is C21H12ClNO4. The molecule has 27 heavy (non-hydrogen) atoms. The number of Topliss-reactive ketones (excluding diaryl/α,β-unsaturated/α-hetero) is 1. The summed E-state index contributed by atoms with van der Waals surface area (Å²) in [6, 6.07) is 14.7. The van der Waals surface area contributed by atoms with Gasteiger partial charge in [-0.3, -0.25) is 9.78 Å². The van der Waals surface area contributed by atoms with Crippen LogP contribution in [0.4, 0.5) is 0 Å². The van der Waals surface area contributed by atoms with Crippen LogP contribution in [0.2, 0.25) is 5.02 Å². The van der Waals surface area contributed by atoms with Crippen molar-refractivity contribution in [2.75, 3.05) is 0 Å². The number of hydrogen-bond acceptors (Lipinski definition) is 5.